The zero-order valence-corrected chi connectivity index (χ0v) is 18.8. The maximum Gasteiger partial charge on any atom is 0.224 e. The SMILES string of the molecule is Cc1cc(-c2cnc(C(C)C)nc2-c2ccc(CNC(=O)Cc3ccc(F)cc3)cc2)on1. The van der Waals surface area contributed by atoms with Crippen molar-refractivity contribution in [2.45, 2.75) is 39.7 Å². The Labute approximate surface area is 191 Å². The molecule has 2 heterocycles. The van der Waals surface area contributed by atoms with Gasteiger partial charge >= 0.3 is 0 Å². The van der Waals surface area contributed by atoms with Crippen molar-refractivity contribution in [3.05, 3.63) is 89.3 Å². The van der Waals surface area contributed by atoms with Gasteiger partial charge in [-0.05, 0) is 30.2 Å². The lowest BCUT2D eigenvalue weighted by Crippen LogP contribution is -2.24. The van der Waals surface area contributed by atoms with E-state index in [-0.39, 0.29) is 24.1 Å². The minimum absolute atomic E-state index is 0.119. The number of aryl methyl sites for hydroxylation is 1. The van der Waals surface area contributed by atoms with Gasteiger partial charge < -0.3 is 9.84 Å². The Kier molecular flexibility index (Phi) is 6.58. The lowest BCUT2D eigenvalue weighted by atomic mass is 10.0. The van der Waals surface area contributed by atoms with Crippen LogP contribution in [0.4, 0.5) is 4.39 Å². The van der Waals surface area contributed by atoms with Crippen molar-refractivity contribution in [1.82, 2.24) is 20.4 Å². The van der Waals surface area contributed by atoms with Gasteiger partial charge in [-0.3, -0.25) is 4.79 Å². The summed E-state index contributed by atoms with van der Waals surface area (Å²) in [4.78, 5) is 21.5. The molecule has 0 atom stereocenters. The van der Waals surface area contributed by atoms with Crippen molar-refractivity contribution in [3.8, 4) is 22.6 Å². The molecule has 7 heteroatoms. The number of carbonyl (C=O) groups excluding carboxylic acids is 1. The van der Waals surface area contributed by atoms with E-state index >= 15 is 0 Å². The summed E-state index contributed by atoms with van der Waals surface area (Å²) in [6.07, 6.45) is 1.98. The summed E-state index contributed by atoms with van der Waals surface area (Å²) >= 11 is 0. The van der Waals surface area contributed by atoms with Gasteiger partial charge in [0, 0.05) is 30.3 Å². The molecule has 0 saturated carbocycles. The van der Waals surface area contributed by atoms with Gasteiger partial charge in [0.1, 0.15) is 11.6 Å². The molecule has 33 heavy (non-hydrogen) atoms. The highest BCUT2D eigenvalue weighted by Crippen LogP contribution is 2.31. The van der Waals surface area contributed by atoms with Crippen molar-refractivity contribution in [2.24, 2.45) is 0 Å². The fourth-order valence-electron chi connectivity index (χ4n) is 3.40. The maximum atomic E-state index is 13.0. The predicted molar refractivity (Wildman–Crippen MR) is 124 cm³/mol. The van der Waals surface area contributed by atoms with Crippen LogP contribution in [-0.4, -0.2) is 21.0 Å². The average Bonchev–Trinajstić information content (AvgIpc) is 3.25. The molecule has 0 aliphatic rings. The molecule has 0 aliphatic heterocycles. The zero-order chi connectivity index (χ0) is 23.4. The first-order valence-corrected chi connectivity index (χ1v) is 10.8. The van der Waals surface area contributed by atoms with E-state index in [0.29, 0.717) is 12.3 Å². The number of nitrogens with zero attached hydrogens (tertiary/aromatic N) is 3. The van der Waals surface area contributed by atoms with Crippen LogP contribution in [0.15, 0.2) is 65.3 Å². The number of rotatable bonds is 7. The number of halogens is 1. The first-order chi connectivity index (χ1) is 15.9. The summed E-state index contributed by atoms with van der Waals surface area (Å²) in [6, 6.07) is 15.7. The Morgan fingerprint density at radius 2 is 1.76 bits per heavy atom. The van der Waals surface area contributed by atoms with E-state index in [4.69, 9.17) is 9.51 Å². The number of carbonyl (C=O) groups is 1. The summed E-state index contributed by atoms with van der Waals surface area (Å²) in [6.45, 7) is 6.37. The third-order valence-corrected chi connectivity index (χ3v) is 5.21. The highest BCUT2D eigenvalue weighted by atomic mass is 19.1. The van der Waals surface area contributed by atoms with Gasteiger partial charge in [-0.2, -0.15) is 0 Å². The monoisotopic (exact) mass is 444 g/mol. The van der Waals surface area contributed by atoms with E-state index in [1.54, 1.807) is 18.3 Å². The van der Waals surface area contributed by atoms with Gasteiger partial charge in [0.2, 0.25) is 5.91 Å². The van der Waals surface area contributed by atoms with Crippen LogP contribution in [0.25, 0.3) is 22.6 Å². The third kappa shape index (κ3) is 5.49. The molecule has 4 rings (SSSR count). The quantitative estimate of drug-likeness (QED) is 0.422. The fourth-order valence-corrected chi connectivity index (χ4v) is 3.40. The van der Waals surface area contributed by atoms with E-state index < -0.39 is 0 Å². The van der Waals surface area contributed by atoms with Crippen LogP contribution < -0.4 is 5.32 Å². The number of hydrogen-bond donors (Lipinski definition) is 1. The lowest BCUT2D eigenvalue weighted by molar-refractivity contribution is -0.120. The Balaban J connectivity index is 1.50. The predicted octanol–water partition coefficient (Wildman–Crippen LogP) is 5.23. The van der Waals surface area contributed by atoms with Crippen molar-refractivity contribution in [3.63, 3.8) is 0 Å². The van der Waals surface area contributed by atoms with Crippen molar-refractivity contribution in [2.75, 3.05) is 0 Å². The number of hydrogen-bond acceptors (Lipinski definition) is 5. The smallest absolute Gasteiger partial charge is 0.224 e. The second-order valence-corrected chi connectivity index (χ2v) is 8.25. The van der Waals surface area contributed by atoms with Gasteiger partial charge in [-0.1, -0.05) is 55.4 Å². The zero-order valence-electron chi connectivity index (χ0n) is 18.8. The summed E-state index contributed by atoms with van der Waals surface area (Å²) in [5.41, 5.74) is 4.99. The molecule has 0 fully saturated rings. The average molecular weight is 445 g/mol. The van der Waals surface area contributed by atoms with Crippen molar-refractivity contribution in [1.29, 1.82) is 0 Å². The van der Waals surface area contributed by atoms with Crippen molar-refractivity contribution < 1.29 is 13.7 Å². The summed E-state index contributed by atoms with van der Waals surface area (Å²) in [5, 5.41) is 6.89. The van der Waals surface area contributed by atoms with Crippen LogP contribution in [0.3, 0.4) is 0 Å². The molecule has 168 valence electrons. The van der Waals surface area contributed by atoms with E-state index in [2.05, 4.69) is 29.3 Å². The maximum absolute atomic E-state index is 13.0. The Hall–Kier alpha value is -3.87. The fraction of sp³-hybridized carbons (Fsp3) is 0.231. The molecular formula is C26H25FN4O2. The summed E-state index contributed by atoms with van der Waals surface area (Å²) in [7, 11) is 0. The van der Waals surface area contributed by atoms with Crippen molar-refractivity contribution >= 4 is 5.91 Å². The number of nitrogens with one attached hydrogen (secondary N) is 1. The molecule has 0 spiro atoms. The standard InChI is InChI=1S/C26H25FN4O2/c1-16(2)26-29-15-22(23-12-17(3)31-33-23)25(30-26)20-8-4-19(5-9-20)14-28-24(32)13-18-6-10-21(27)11-7-18/h4-12,15-16H,13-14H2,1-3H3,(H,28,32). The van der Waals surface area contributed by atoms with Gasteiger partial charge in [0.25, 0.3) is 0 Å². The molecule has 2 aromatic heterocycles. The van der Waals surface area contributed by atoms with Gasteiger partial charge in [0.15, 0.2) is 5.76 Å². The highest BCUT2D eigenvalue weighted by Gasteiger charge is 2.16. The summed E-state index contributed by atoms with van der Waals surface area (Å²) < 4.78 is 18.5. The Bertz CT molecular complexity index is 1250. The van der Waals surface area contributed by atoms with Crippen LogP contribution in [0.1, 0.15) is 42.4 Å². The van der Waals surface area contributed by atoms with E-state index in [9.17, 15) is 9.18 Å². The first kappa shape index (κ1) is 22.3. The molecule has 2 aromatic carbocycles. The first-order valence-electron chi connectivity index (χ1n) is 10.8. The molecule has 0 aliphatic carbocycles. The Morgan fingerprint density at radius 3 is 2.39 bits per heavy atom. The van der Waals surface area contributed by atoms with E-state index in [0.717, 1.165) is 39.5 Å². The van der Waals surface area contributed by atoms with Gasteiger partial charge in [0.05, 0.1) is 23.4 Å². The van der Waals surface area contributed by atoms with E-state index in [1.165, 1.54) is 12.1 Å². The topological polar surface area (TPSA) is 80.9 Å². The molecule has 0 saturated heterocycles. The minimum atomic E-state index is -0.315. The lowest BCUT2D eigenvalue weighted by Gasteiger charge is -2.11. The molecule has 1 N–H and O–H groups in total. The van der Waals surface area contributed by atoms with Crippen LogP contribution in [0.5, 0.6) is 0 Å². The highest BCUT2D eigenvalue weighted by molar-refractivity contribution is 5.79. The number of amides is 1. The minimum Gasteiger partial charge on any atom is -0.356 e. The molecule has 0 radical (unpaired) electrons. The molecule has 6 nitrogen and oxygen atoms in total. The molecule has 0 bridgehead atoms. The summed E-state index contributed by atoms with van der Waals surface area (Å²) in [5.74, 6) is 1.12. The Morgan fingerprint density at radius 1 is 1.06 bits per heavy atom. The second-order valence-electron chi connectivity index (χ2n) is 8.25. The molecule has 0 unspecified atom stereocenters. The molecular weight excluding hydrogens is 419 g/mol. The normalized spacial score (nSPS) is 11.1. The molecule has 4 aromatic rings. The van der Waals surface area contributed by atoms with Crippen LogP contribution >= 0.6 is 0 Å². The van der Waals surface area contributed by atoms with Gasteiger partial charge in [-0.25, -0.2) is 14.4 Å². The molecule has 1 amide bonds. The van der Waals surface area contributed by atoms with Gasteiger partial charge in [-0.15, -0.1) is 0 Å². The van der Waals surface area contributed by atoms with Crippen LogP contribution in [0, 0.1) is 12.7 Å². The van der Waals surface area contributed by atoms with E-state index in [1.807, 2.05) is 37.3 Å². The second kappa shape index (κ2) is 9.73. The largest absolute Gasteiger partial charge is 0.356 e. The number of aromatic nitrogens is 3. The van der Waals surface area contributed by atoms with Crippen LogP contribution in [0.2, 0.25) is 0 Å². The number of benzene rings is 2. The van der Waals surface area contributed by atoms with Crippen LogP contribution in [-0.2, 0) is 17.8 Å². The third-order valence-electron chi connectivity index (χ3n) is 5.21.